The van der Waals surface area contributed by atoms with E-state index in [-0.39, 0.29) is 0 Å². The van der Waals surface area contributed by atoms with E-state index < -0.39 is 13.5 Å². The second-order valence-electron chi connectivity index (χ2n) is 21.9. The first-order valence-corrected chi connectivity index (χ1v) is 31.5. The quantitative estimate of drug-likeness (QED) is 0.0979. The fourth-order valence-electron chi connectivity index (χ4n) is 14.1. The first-order valence-electron chi connectivity index (χ1n) is 28.6. The van der Waals surface area contributed by atoms with Crippen molar-refractivity contribution in [3.8, 4) is 27.9 Å². The Morgan fingerprint density at radius 3 is 1.45 bits per heavy atom. The van der Waals surface area contributed by atoms with E-state index in [2.05, 4.69) is 337 Å². The first kappa shape index (κ1) is 48.8. The maximum absolute atomic E-state index is 3.13. The Morgan fingerprint density at radius 2 is 0.771 bits per heavy atom. The Labute approximate surface area is 488 Å². The molecule has 0 amide bonds. The van der Waals surface area contributed by atoms with Crippen molar-refractivity contribution >= 4 is 99.2 Å². The smallest absolute Gasteiger partial charge is 0.179 e. The minimum Gasteiger partial charge on any atom is -0.309 e. The lowest BCUT2D eigenvalue weighted by Crippen LogP contribution is -2.74. The largest absolute Gasteiger partial charge is 0.309 e. The molecule has 83 heavy (non-hydrogen) atoms. The van der Waals surface area contributed by atoms with Gasteiger partial charge in [0, 0.05) is 31.9 Å². The molecule has 0 unspecified atom stereocenters. The van der Waals surface area contributed by atoms with Crippen LogP contribution in [0.3, 0.4) is 0 Å². The second-order valence-corrected chi connectivity index (χ2v) is 26.7. The Morgan fingerprint density at radius 1 is 0.289 bits per heavy atom. The number of rotatable bonds is 10. The number of thiophene rings is 1. The summed E-state index contributed by atoms with van der Waals surface area (Å²) < 4.78 is 5.08. The monoisotopic (exact) mass is 1090 g/mol. The van der Waals surface area contributed by atoms with Crippen molar-refractivity contribution in [2.24, 2.45) is 0 Å². The number of benzene rings is 13. The molecular weight excluding hydrogens is 1040 g/mol. The van der Waals surface area contributed by atoms with Gasteiger partial charge in [0.15, 0.2) is 8.07 Å². The third-order valence-electron chi connectivity index (χ3n) is 17.6. The standard InChI is InChI=1S/C79H54N2SSi/c1-6-25-55(26-7-1)57-29-22-37-63(51-57)83(62-35-14-5-15-36-62,64-38-23-30-58(52-64)56-27-8-2-9-28-56)65-48-50-73-69(54-65)66-39-16-19-43-72(66)80(73)61-47-49-71-76(53-61)81(75-45-24-41-68-67-40-17-21-46-77(67)82-78(68)75)74-44-20-18-42-70(74)79(71,59-31-10-3-11-32-59)60-33-12-4-13-34-60/h1-54H. The fraction of sp³-hybridized carbons (Fsp3) is 0.0127. The van der Waals surface area contributed by atoms with Crippen molar-refractivity contribution in [3.63, 3.8) is 0 Å². The van der Waals surface area contributed by atoms with Crippen LogP contribution in [0.25, 0.3) is 69.9 Å². The van der Waals surface area contributed by atoms with Gasteiger partial charge in [-0.25, -0.2) is 0 Å². The molecule has 0 spiro atoms. The topological polar surface area (TPSA) is 8.17 Å². The third kappa shape index (κ3) is 7.61. The van der Waals surface area contributed by atoms with Crippen LogP contribution in [-0.2, 0) is 5.41 Å². The molecule has 0 fully saturated rings. The molecule has 15 aromatic rings. The van der Waals surface area contributed by atoms with Crippen LogP contribution >= 0.6 is 11.3 Å². The molecule has 13 aromatic carbocycles. The van der Waals surface area contributed by atoms with E-state index >= 15 is 0 Å². The van der Waals surface area contributed by atoms with Crippen LogP contribution in [-0.4, -0.2) is 12.6 Å². The van der Waals surface area contributed by atoms with E-state index in [0.29, 0.717) is 0 Å². The molecular formula is C79H54N2SSi. The van der Waals surface area contributed by atoms with Gasteiger partial charge in [0.05, 0.1) is 38.2 Å². The molecule has 390 valence electrons. The van der Waals surface area contributed by atoms with Crippen molar-refractivity contribution in [3.05, 3.63) is 350 Å². The van der Waals surface area contributed by atoms with Gasteiger partial charge in [-0.3, -0.25) is 0 Å². The summed E-state index contributed by atoms with van der Waals surface area (Å²) in [6.45, 7) is 0. The first-order chi connectivity index (χ1) is 41.2. The lowest BCUT2D eigenvalue weighted by molar-refractivity contribution is 0.731. The van der Waals surface area contributed by atoms with E-state index in [9.17, 15) is 0 Å². The van der Waals surface area contributed by atoms with Crippen LogP contribution in [0.5, 0.6) is 0 Å². The molecule has 1 aliphatic heterocycles. The highest BCUT2D eigenvalue weighted by Gasteiger charge is 2.47. The summed E-state index contributed by atoms with van der Waals surface area (Å²) in [4.78, 5) is 2.58. The van der Waals surface area contributed by atoms with Crippen LogP contribution in [0.15, 0.2) is 328 Å². The number of fused-ring (bicyclic) bond motifs is 8. The molecule has 0 bridgehead atoms. The van der Waals surface area contributed by atoms with Crippen LogP contribution in [0, 0.1) is 0 Å². The Bertz CT molecular complexity index is 4790. The molecule has 0 radical (unpaired) electrons. The number of hydrogen-bond donors (Lipinski definition) is 0. The molecule has 0 atom stereocenters. The molecule has 2 aromatic heterocycles. The number of para-hydroxylation sites is 2. The Balaban J connectivity index is 0.975. The van der Waals surface area contributed by atoms with E-state index in [0.717, 1.165) is 28.1 Å². The van der Waals surface area contributed by atoms with Gasteiger partial charge in [-0.2, -0.15) is 0 Å². The minimum absolute atomic E-state index is 0.645. The number of aromatic nitrogens is 1. The third-order valence-corrected chi connectivity index (χ3v) is 23.5. The number of nitrogens with zero attached hydrogens (tertiary/aromatic N) is 2. The number of hydrogen-bond acceptors (Lipinski definition) is 2. The Kier molecular flexibility index (Phi) is 11.7. The van der Waals surface area contributed by atoms with Gasteiger partial charge in [-0.05, 0) is 108 Å². The van der Waals surface area contributed by atoms with Gasteiger partial charge in [-0.15, -0.1) is 11.3 Å². The van der Waals surface area contributed by atoms with Crippen LogP contribution in [0.4, 0.5) is 17.1 Å². The lowest BCUT2D eigenvalue weighted by Gasteiger charge is -2.46. The van der Waals surface area contributed by atoms with Crippen molar-refractivity contribution in [2.45, 2.75) is 5.41 Å². The summed E-state index contributed by atoms with van der Waals surface area (Å²) in [5.74, 6) is 0. The average Bonchev–Trinajstić information content (AvgIpc) is 1.91. The maximum atomic E-state index is 2.58. The van der Waals surface area contributed by atoms with Gasteiger partial charge in [0.2, 0.25) is 0 Å². The second kappa shape index (κ2) is 19.9. The number of anilines is 3. The zero-order chi connectivity index (χ0) is 54.9. The average molecular weight is 1090 g/mol. The van der Waals surface area contributed by atoms with Crippen LogP contribution < -0.4 is 25.6 Å². The van der Waals surface area contributed by atoms with Crippen molar-refractivity contribution in [2.75, 3.05) is 4.90 Å². The minimum atomic E-state index is -3.13. The molecule has 2 nitrogen and oxygen atoms in total. The van der Waals surface area contributed by atoms with Gasteiger partial charge in [0.1, 0.15) is 0 Å². The summed E-state index contributed by atoms with van der Waals surface area (Å²) in [5, 5.41) is 10.3. The highest BCUT2D eigenvalue weighted by Crippen LogP contribution is 2.59. The van der Waals surface area contributed by atoms with Gasteiger partial charge < -0.3 is 9.47 Å². The highest BCUT2D eigenvalue weighted by molar-refractivity contribution is 7.26. The summed E-state index contributed by atoms with van der Waals surface area (Å²) in [6, 6.07) is 123. The molecule has 0 aliphatic carbocycles. The van der Waals surface area contributed by atoms with E-state index in [1.807, 2.05) is 11.3 Å². The molecule has 3 heterocycles. The van der Waals surface area contributed by atoms with E-state index in [4.69, 9.17) is 0 Å². The zero-order valence-corrected chi connectivity index (χ0v) is 47.3. The van der Waals surface area contributed by atoms with Crippen molar-refractivity contribution in [1.29, 1.82) is 0 Å². The molecule has 1 aliphatic rings. The Hall–Kier alpha value is -10.1. The van der Waals surface area contributed by atoms with E-state index in [1.54, 1.807) is 0 Å². The zero-order valence-electron chi connectivity index (χ0n) is 45.5. The molecule has 16 rings (SSSR count). The molecule has 0 saturated carbocycles. The summed E-state index contributed by atoms with van der Waals surface area (Å²) >= 11 is 1.88. The molecule has 0 saturated heterocycles. The summed E-state index contributed by atoms with van der Waals surface area (Å²) in [5.41, 5.74) is 16.0. The molecule has 4 heteroatoms. The lowest BCUT2D eigenvalue weighted by atomic mass is 9.62. The van der Waals surface area contributed by atoms with Gasteiger partial charge in [0.25, 0.3) is 0 Å². The predicted molar refractivity (Wildman–Crippen MR) is 355 cm³/mol. The van der Waals surface area contributed by atoms with Crippen molar-refractivity contribution < 1.29 is 0 Å². The van der Waals surface area contributed by atoms with Gasteiger partial charge in [-0.1, -0.05) is 285 Å². The highest BCUT2D eigenvalue weighted by atomic mass is 32.1. The summed E-state index contributed by atoms with van der Waals surface area (Å²) in [6.07, 6.45) is 0. The predicted octanol–water partition coefficient (Wildman–Crippen LogP) is 18.0. The SMILES string of the molecule is c1ccc(-c2cccc([Si](c3ccccc3)(c3cccc(-c4ccccc4)c3)c3ccc4c(c3)c3ccccc3n4-c3ccc4c(c3)N(c3cccc5c3sc3ccccc35)c3ccccc3C4(c3ccccc3)c3ccccc3)c2)cc1. The van der Waals surface area contributed by atoms with Crippen LogP contribution in [0.1, 0.15) is 22.3 Å². The van der Waals surface area contributed by atoms with Gasteiger partial charge >= 0.3 is 0 Å². The van der Waals surface area contributed by atoms with Crippen LogP contribution in [0.2, 0.25) is 0 Å². The summed E-state index contributed by atoms with van der Waals surface area (Å²) in [7, 11) is -3.13. The maximum Gasteiger partial charge on any atom is 0.179 e. The molecule has 0 N–H and O–H groups in total. The fourth-order valence-corrected chi connectivity index (χ4v) is 20.1. The van der Waals surface area contributed by atoms with Crippen molar-refractivity contribution in [1.82, 2.24) is 4.57 Å². The normalized spacial score (nSPS) is 12.9. The van der Waals surface area contributed by atoms with E-state index in [1.165, 1.54) is 102 Å².